The molecule has 108 valence electrons. The summed E-state index contributed by atoms with van der Waals surface area (Å²) in [5.74, 6) is -1.01. The molecule has 21 heavy (non-hydrogen) atoms. The number of allylic oxidation sites excluding steroid dienone is 1. The Hall–Kier alpha value is -2.20. The lowest BCUT2D eigenvalue weighted by atomic mass is 10.1. The van der Waals surface area contributed by atoms with Crippen molar-refractivity contribution in [2.45, 2.75) is 20.3 Å². The number of aromatic nitrogens is 1. The number of hydrogen-bond acceptors (Lipinski definition) is 3. The van der Waals surface area contributed by atoms with Gasteiger partial charge in [0.1, 0.15) is 0 Å². The quantitative estimate of drug-likeness (QED) is 0.850. The van der Waals surface area contributed by atoms with Gasteiger partial charge in [0.15, 0.2) is 0 Å². The highest BCUT2D eigenvalue weighted by atomic mass is 35.5. The molecule has 0 atom stereocenters. The van der Waals surface area contributed by atoms with Gasteiger partial charge in [-0.2, -0.15) is 0 Å². The number of carboxylic acids is 1. The molecule has 0 aliphatic rings. The van der Waals surface area contributed by atoms with Crippen molar-refractivity contribution in [3.8, 4) is 0 Å². The van der Waals surface area contributed by atoms with Crippen molar-refractivity contribution >= 4 is 40.4 Å². The van der Waals surface area contributed by atoms with Crippen LogP contribution in [-0.4, -0.2) is 22.3 Å². The second-order valence-corrected chi connectivity index (χ2v) is 4.80. The SMILES string of the molecule is C/C=C(\N=CCC)c1cc(C(=O)O)c2cccc(Cl)c2n1. The van der Waals surface area contributed by atoms with Crippen LogP contribution in [0.1, 0.15) is 36.3 Å². The molecule has 0 bridgehead atoms. The average molecular weight is 303 g/mol. The number of para-hydroxylation sites is 1. The van der Waals surface area contributed by atoms with E-state index >= 15 is 0 Å². The number of hydrogen-bond donors (Lipinski definition) is 1. The topological polar surface area (TPSA) is 62.5 Å². The first-order valence-corrected chi connectivity index (χ1v) is 6.98. The Morgan fingerprint density at radius 1 is 1.48 bits per heavy atom. The minimum absolute atomic E-state index is 0.170. The molecule has 0 aliphatic heterocycles. The van der Waals surface area contributed by atoms with E-state index in [1.165, 1.54) is 6.07 Å². The van der Waals surface area contributed by atoms with E-state index in [1.807, 2.05) is 13.8 Å². The maximum absolute atomic E-state index is 11.5. The molecule has 0 fully saturated rings. The minimum Gasteiger partial charge on any atom is -0.478 e. The highest BCUT2D eigenvalue weighted by molar-refractivity contribution is 6.35. The smallest absolute Gasteiger partial charge is 0.336 e. The van der Waals surface area contributed by atoms with Gasteiger partial charge in [-0.05, 0) is 25.5 Å². The highest BCUT2D eigenvalue weighted by Gasteiger charge is 2.15. The van der Waals surface area contributed by atoms with E-state index in [0.29, 0.717) is 27.3 Å². The molecular weight excluding hydrogens is 288 g/mol. The van der Waals surface area contributed by atoms with Crippen LogP contribution >= 0.6 is 11.6 Å². The van der Waals surface area contributed by atoms with Crippen molar-refractivity contribution in [1.82, 2.24) is 4.98 Å². The first-order valence-electron chi connectivity index (χ1n) is 6.60. The first kappa shape index (κ1) is 15.2. The zero-order valence-corrected chi connectivity index (χ0v) is 12.6. The Morgan fingerprint density at radius 3 is 2.86 bits per heavy atom. The average Bonchev–Trinajstić information content (AvgIpc) is 2.48. The third kappa shape index (κ3) is 3.11. The number of pyridine rings is 1. The summed E-state index contributed by atoms with van der Waals surface area (Å²) < 4.78 is 0. The van der Waals surface area contributed by atoms with Gasteiger partial charge >= 0.3 is 5.97 Å². The summed E-state index contributed by atoms with van der Waals surface area (Å²) in [6.45, 7) is 3.81. The van der Waals surface area contributed by atoms with Crippen LogP contribution < -0.4 is 0 Å². The Labute approximate surface area is 127 Å². The molecule has 4 nitrogen and oxygen atoms in total. The van der Waals surface area contributed by atoms with Crippen LogP contribution in [0.4, 0.5) is 0 Å². The number of carbonyl (C=O) groups is 1. The summed E-state index contributed by atoms with van der Waals surface area (Å²) in [7, 11) is 0. The van der Waals surface area contributed by atoms with E-state index in [-0.39, 0.29) is 5.56 Å². The van der Waals surface area contributed by atoms with Gasteiger partial charge in [-0.15, -0.1) is 0 Å². The molecule has 0 aliphatic carbocycles. The summed E-state index contributed by atoms with van der Waals surface area (Å²) >= 11 is 6.14. The van der Waals surface area contributed by atoms with Crippen molar-refractivity contribution in [1.29, 1.82) is 0 Å². The number of halogens is 1. The van der Waals surface area contributed by atoms with E-state index in [1.54, 1.807) is 30.5 Å². The third-order valence-corrected chi connectivity index (χ3v) is 3.27. The van der Waals surface area contributed by atoms with Gasteiger partial charge < -0.3 is 5.11 Å². The normalized spacial score (nSPS) is 12.2. The molecule has 0 saturated carbocycles. The van der Waals surface area contributed by atoms with E-state index in [0.717, 1.165) is 6.42 Å². The van der Waals surface area contributed by atoms with E-state index in [4.69, 9.17) is 11.6 Å². The number of rotatable bonds is 4. The van der Waals surface area contributed by atoms with Crippen LogP contribution in [0.3, 0.4) is 0 Å². The fourth-order valence-corrected chi connectivity index (χ4v) is 2.22. The van der Waals surface area contributed by atoms with Crippen LogP contribution in [-0.2, 0) is 0 Å². The highest BCUT2D eigenvalue weighted by Crippen LogP contribution is 2.27. The zero-order valence-electron chi connectivity index (χ0n) is 11.8. The van der Waals surface area contributed by atoms with Crippen molar-refractivity contribution in [3.05, 3.63) is 46.6 Å². The molecule has 2 aromatic rings. The van der Waals surface area contributed by atoms with E-state index in [2.05, 4.69) is 9.98 Å². The fourth-order valence-electron chi connectivity index (χ4n) is 2.00. The lowest BCUT2D eigenvalue weighted by molar-refractivity contribution is 0.0699. The van der Waals surface area contributed by atoms with Crippen molar-refractivity contribution in [3.63, 3.8) is 0 Å². The van der Waals surface area contributed by atoms with Gasteiger partial charge in [-0.25, -0.2) is 9.78 Å². The maximum atomic E-state index is 11.5. The maximum Gasteiger partial charge on any atom is 0.336 e. The molecule has 0 spiro atoms. The van der Waals surface area contributed by atoms with Crippen molar-refractivity contribution < 1.29 is 9.90 Å². The molecule has 0 radical (unpaired) electrons. The van der Waals surface area contributed by atoms with Crippen LogP contribution in [0.15, 0.2) is 35.3 Å². The molecule has 1 N–H and O–H groups in total. The fraction of sp³-hybridized carbons (Fsp3) is 0.188. The minimum atomic E-state index is -1.01. The van der Waals surface area contributed by atoms with Crippen LogP contribution in [0.2, 0.25) is 5.02 Å². The summed E-state index contributed by atoms with van der Waals surface area (Å²) in [5, 5.41) is 10.3. The second-order valence-electron chi connectivity index (χ2n) is 4.39. The second kappa shape index (κ2) is 6.50. The standard InChI is InChI=1S/C16H15ClN2O2/c1-3-8-18-13(4-2)14-9-11(16(20)21)10-6-5-7-12(17)15(10)19-14/h4-9H,3H2,1-2H3,(H,20,21)/b13-4-,18-8?. The molecule has 2 rings (SSSR count). The molecule has 1 aromatic heterocycles. The number of benzene rings is 1. The van der Waals surface area contributed by atoms with Crippen LogP contribution in [0, 0.1) is 0 Å². The Bertz CT molecular complexity index is 751. The number of nitrogens with zero attached hydrogens (tertiary/aromatic N) is 2. The van der Waals surface area contributed by atoms with E-state index in [9.17, 15) is 9.90 Å². The molecule has 1 heterocycles. The lowest BCUT2D eigenvalue weighted by Crippen LogP contribution is -2.02. The number of carboxylic acid groups (broad SMARTS) is 1. The summed E-state index contributed by atoms with van der Waals surface area (Å²) in [6.07, 6.45) is 4.34. The Morgan fingerprint density at radius 2 is 2.24 bits per heavy atom. The van der Waals surface area contributed by atoms with Gasteiger partial charge in [0, 0.05) is 11.6 Å². The molecule has 0 saturated heterocycles. The first-order chi connectivity index (χ1) is 10.1. The zero-order chi connectivity index (χ0) is 15.4. The van der Waals surface area contributed by atoms with Gasteiger partial charge in [-0.3, -0.25) is 4.99 Å². The summed E-state index contributed by atoms with van der Waals surface area (Å²) in [6, 6.07) is 6.64. The van der Waals surface area contributed by atoms with Crippen LogP contribution in [0.5, 0.6) is 0 Å². The van der Waals surface area contributed by atoms with Gasteiger partial charge in [0.2, 0.25) is 0 Å². The molecule has 1 aromatic carbocycles. The Kier molecular flexibility index (Phi) is 4.70. The van der Waals surface area contributed by atoms with Crippen LogP contribution in [0.25, 0.3) is 16.6 Å². The molecule has 0 unspecified atom stereocenters. The lowest BCUT2D eigenvalue weighted by Gasteiger charge is -2.08. The molecular formula is C16H15ClN2O2. The molecule has 5 heteroatoms. The van der Waals surface area contributed by atoms with Crippen molar-refractivity contribution in [2.24, 2.45) is 4.99 Å². The summed E-state index contributed by atoms with van der Waals surface area (Å²) in [4.78, 5) is 20.2. The monoisotopic (exact) mass is 302 g/mol. The van der Waals surface area contributed by atoms with Crippen molar-refractivity contribution in [2.75, 3.05) is 0 Å². The largest absolute Gasteiger partial charge is 0.478 e. The third-order valence-electron chi connectivity index (χ3n) is 2.97. The van der Waals surface area contributed by atoms with Gasteiger partial charge in [0.05, 0.1) is 27.5 Å². The number of fused-ring (bicyclic) bond motifs is 1. The van der Waals surface area contributed by atoms with Gasteiger partial charge in [0.25, 0.3) is 0 Å². The van der Waals surface area contributed by atoms with Gasteiger partial charge in [-0.1, -0.05) is 36.7 Å². The predicted molar refractivity (Wildman–Crippen MR) is 86.1 cm³/mol. The van der Waals surface area contributed by atoms with E-state index < -0.39 is 5.97 Å². The summed E-state index contributed by atoms with van der Waals surface area (Å²) in [5.41, 5.74) is 1.77. The predicted octanol–water partition coefficient (Wildman–Crippen LogP) is 4.43. The number of aliphatic imine (C=N–C) groups is 1. The molecule has 0 amide bonds. The Balaban J connectivity index is 2.74. The number of aromatic carboxylic acids is 1.